The van der Waals surface area contributed by atoms with Crippen LogP contribution in [0.4, 0.5) is 0 Å². The van der Waals surface area contributed by atoms with Crippen molar-refractivity contribution in [2.24, 2.45) is 5.92 Å². The zero-order valence-electron chi connectivity index (χ0n) is 17.0. The molecular formula is C17H30N4O6S2. The Morgan fingerprint density at radius 1 is 1.28 bits per heavy atom. The zero-order valence-corrected chi connectivity index (χ0v) is 18.6. The molecule has 29 heavy (non-hydrogen) atoms. The van der Waals surface area contributed by atoms with E-state index in [1.54, 1.807) is 11.8 Å². The molecule has 2 heterocycles. The number of carbonyl (C=O) groups excluding carboxylic acids is 2. The van der Waals surface area contributed by atoms with Crippen molar-refractivity contribution in [2.75, 3.05) is 18.6 Å². The SMILES string of the molecule is CC(NS(C)(=O)=O)C(=O)N1CC2CC(NC(=O)CC3(C)CCS(=O)(=O)N3)CC1C2. The molecule has 0 aromatic heterocycles. The van der Waals surface area contributed by atoms with Crippen LogP contribution < -0.4 is 14.8 Å². The van der Waals surface area contributed by atoms with Crippen molar-refractivity contribution in [1.82, 2.24) is 19.7 Å². The van der Waals surface area contributed by atoms with Gasteiger partial charge in [0.2, 0.25) is 31.9 Å². The summed E-state index contributed by atoms with van der Waals surface area (Å²) in [4.78, 5) is 26.9. The van der Waals surface area contributed by atoms with E-state index in [2.05, 4.69) is 14.8 Å². The van der Waals surface area contributed by atoms with Gasteiger partial charge in [0.05, 0.1) is 18.1 Å². The van der Waals surface area contributed by atoms with Crippen molar-refractivity contribution in [3.63, 3.8) is 0 Å². The summed E-state index contributed by atoms with van der Waals surface area (Å²) in [5.74, 6) is -0.161. The molecule has 0 aromatic rings. The highest BCUT2D eigenvalue weighted by molar-refractivity contribution is 7.89. The standard InChI is InChI=1S/C17H30N4O6S2/c1-11(19-28(3,24)25)16(23)21-10-12-6-13(8-14(21)7-12)18-15(22)9-17(2)4-5-29(26,27)20-17/h11-14,19-20H,4-10H2,1-3H3,(H,18,22). The van der Waals surface area contributed by atoms with Crippen LogP contribution in [0, 0.1) is 5.92 Å². The summed E-state index contributed by atoms with van der Waals surface area (Å²) in [5, 5.41) is 3.00. The van der Waals surface area contributed by atoms with Crippen molar-refractivity contribution < 1.29 is 26.4 Å². The second kappa shape index (κ2) is 7.78. The second-order valence-electron chi connectivity index (χ2n) is 9.00. The molecule has 5 unspecified atom stereocenters. The van der Waals surface area contributed by atoms with Crippen LogP contribution >= 0.6 is 0 Å². The highest BCUT2D eigenvalue weighted by Gasteiger charge is 2.44. The van der Waals surface area contributed by atoms with Gasteiger partial charge in [0.25, 0.3) is 0 Å². The number of hydrogen-bond acceptors (Lipinski definition) is 6. The third-order valence-electron chi connectivity index (χ3n) is 5.96. The molecular weight excluding hydrogens is 420 g/mol. The fraction of sp³-hybridized carbons (Fsp3) is 0.882. The smallest absolute Gasteiger partial charge is 0.240 e. The van der Waals surface area contributed by atoms with Crippen LogP contribution in [0.2, 0.25) is 0 Å². The molecule has 166 valence electrons. The first kappa shape index (κ1) is 22.4. The van der Waals surface area contributed by atoms with E-state index in [0.29, 0.717) is 19.4 Å². The van der Waals surface area contributed by atoms with E-state index < -0.39 is 31.6 Å². The van der Waals surface area contributed by atoms with Crippen molar-refractivity contribution in [3.8, 4) is 0 Å². The molecule has 0 radical (unpaired) electrons. The minimum atomic E-state index is -3.48. The Labute approximate surface area is 172 Å². The van der Waals surface area contributed by atoms with Crippen molar-refractivity contribution in [2.45, 2.75) is 69.6 Å². The predicted molar refractivity (Wildman–Crippen MR) is 107 cm³/mol. The lowest BCUT2D eigenvalue weighted by Crippen LogP contribution is -2.50. The van der Waals surface area contributed by atoms with Crippen LogP contribution in [0.3, 0.4) is 0 Å². The van der Waals surface area contributed by atoms with Crippen molar-refractivity contribution >= 4 is 31.9 Å². The zero-order chi connectivity index (χ0) is 21.6. The Hall–Kier alpha value is -1.24. The fourth-order valence-electron chi connectivity index (χ4n) is 4.84. The number of sulfonamides is 2. The highest BCUT2D eigenvalue weighted by atomic mass is 32.2. The van der Waals surface area contributed by atoms with Gasteiger partial charge in [0.15, 0.2) is 0 Å². The number of hydrogen-bond donors (Lipinski definition) is 3. The maximum atomic E-state index is 12.7. The van der Waals surface area contributed by atoms with Gasteiger partial charge in [0, 0.05) is 30.6 Å². The van der Waals surface area contributed by atoms with Crippen LogP contribution in [0.15, 0.2) is 0 Å². The van der Waals surface area contributed by atoms with Gasteiger partial charge in [-0.25, -0.2) is 26.3 Å². The van der Waals surface area contributed by atoms with Crippen LogP contribution in [0.5, 0.6) is 0 Å². The molecule has 1 aliphatic carbocycles. The molecule has 3 fully saturated rings. The summed E-state index contributed by atoms with van der Waals surface area (Å²) in [7, 11) is -6.78. The summed E-state index contributed by atoms with van der Waals surface area (Å²) in [6.07, 6.45) is 3.71. The summed E-state index contributed by atoms with van der Waals surface area (Å²) >= 11 is 0. The second-order valence-corrected chi connectivity index (χ2v) is 12.6. The Morgan fingerprint density at radius 2 is 1.97 bits per heavy atom. The number of fused-ring (bicyclic) bond motifs is 2. The van der Waals surface area contributed by atoms with Gasteiger partial charge < -0.3 is 10.2 Å². The van der Waals surface area contributed by atoms with E-state index in [-0.39, 0.29) is 42.0 Å². The van der Waals surface area contributed by atoms with Gasteiger partial charge in [-0.3, -0.25) is 9.59 Å². The molecule has 5 atom stereocenters. The van der Waals surface area contributed by atoms with Gasteiger partial charge in [0.1, 0.15) is 0 Å². The summed E-state index contributed by atoms with van der Waals surface area (Å²) in [6.45, 7) is 3.83. The number of nitrogens with one attached hydrogen (secondary N) is 3. The maximum Gasteiger partial charge on any atom is 0.240 e. The number of nitrogens with zero attached hydrogens (tertiary/aromatic N) is 1. The number of likely N-dealkylation sites (tertiary alicyclic amines) is 1. The molecule has 12 heteroatoms. The number of amides is 2. The van der Waals surface area contributed by atoms with Crippen molar-refractivity contribution in [3.05, 3.63) is 0 Å². The Balaban J connectivity index is 1.55. The average Bonchev–Trinajstić information content (AvgIpc) is 2.99. The number of carbonyl (C=O) groups is 2. The van der Waals surface area contributed by atoms with Crippen LogP contribution in [0.1, 0.15) is 46.0 Å². The lowest BCUT2D eigenvalue weighted by atomic mass is 9.86. The van der Waals surface area contributed by atoms with Gasteiger partial charge in [-0.2, -0.15) is 0 Å². The first-order valence-corrected chi connectivity index (χ1v) is 13.4. The molecule has 2 saturated heterocycles. The van der Waals surface area contributed by atoms with Crippen molar-refractivity contribution in [1.29, 1.82) is 0 Å². The van der Waals surface area contributed by atoms with Crippen LogP contribution in [-0.2, 0) is 29.6 Å². The topological polar surface area (TPSA) is 142 Å². The first-order valence-electron chi connectivity index (χ1n) is 9.84. The van der Waals surface area contributed by atoms with E-state index in [1.807, 2.05) is 0 Å². The van der Waals surface area contributed by atoms with E-state index in [1.165, 1.54) is 6.92 Å². The largest absolute Gasteiger partial charge is 0.353 e. The maximum absolute atomic E-state index is 12.7. The number of rotatable bonds is 6. The first-order chi connectivity index (χ1) is 13.3. The summed E-state index contributed by atoms with van der Waals surface area (Å²) in [5.41, 5.74) is -0.759. The third-order valence-corrected chi connectivity index (χ3v) is 8.29. The Morgan fingerprint density at radius 3 is 2.55 bits per heavy atom. The normalized spacial score (nSPS) is 34.7. The quantitative estimate of drug-likeness (QED) is 0.469. The van der Waals surface area contributed by atoms with Gasteiger partial charge in [-0.15, -0.1) is 0 Å². The summed E-state index contributed by atoms with van der Waals surface area (Å²) < 4.78 is 50.9. The molecule has 3 aliphatic rings. The molecule has 3 rings (SSSR count). The van der Waals surface area contributed by atoms with Crippen LogP contribution in [0.25, 0.3) is 0 Å². The molecule has 0 aromatic carbocycles. The Bertz CT molecular complexity index is 890. The molecule has 2 amide bonds. The van der Waals surface area contributed by atoms with Crippen LogP contribution in [-0.4, -0.2) is 75.8 Å². The lowest BCUT2D eigenvalue weighted by Gasteiger charge is -2.32. The van der Waals surface area contributed by atoms with Gasteiger partial charge in [-0.1, -0.05) is 0 Å². The minimum absolute atomic E-state index is 0.0289. The molecule has 2 aliphatic heterocycles. The lowest BCUT2D eigenvalue weighted by molar-refractivity contribution is -0.133. The summed E-state index contributed by atoms with van der Waals surface area (Å²) in [6, 6.07) is -0.938. The molecule has 2 bridgehead atoms. The minimum Gasteiger partial charge on any atom is -0.353 e. The average molecular weight is 451 g/mol. The van der Waals surface area contributed by atoms with E-state index in [9.17, 15) is 26.4 Å². The fourth-order valence-corrected chi connectivity index (χ4v) is 7.33. The molecule has 10 nitrogen and oxygen atoms in total. The van der Waals surface area contributed by atoms with E-state index >= 15 is 0 Å². The van der Waals surface area contributed by atoms with E-state index in [4.69, 9.17) is 0 Å². The highest BCUT2D eigenvalue weighted by Crippen LogP contribution is 2.36. The van der Waals surface area contributed by atoms with Gasteiger partial charge >= 0.3 is 0 Å². The van der Waals surface area contributed by atoms with Gasteiger partial charge in [-0.05, 0) is 45.4 Å². The predicted octanol–water partition coefficient (Wildman–Crippen LogP) is -1.11. The molecule has 0 spiro atoms. The molecule has 3 N–H and O–H groups in total. The molecule has 1 saturated carbocycles. The van der Waals surface area contributed by atoms with E-state index in [0.717, 1.165) is 19.1 Å². The monoisotopic (exact) mass is 450 g/mol. The third kappa shape index (κ3) is 5.68. The Kier molecular flexibility index (Phi) is 6.03.